The zero-order valence-corrected chi connectivity index (χ0v) is 10.9. The second kappa shape index (κ2) is 6.10. The Kier molecular flexibility index (Phi) is 5.08. The maximum absolute atomic E-state index is 8.72. The van der Waals surface area contributed by atoms with E-state index in [0.29, 0.717) is 10.0 Å². The molecule has 86 valence electrons. The van der Waals surface area contributed by atoms with Crippen LogP contribution >= 0.6 is 23.2 Å². The molecular formula is C12H14Cl2N2. The van der Waals surface area contributed by atoms with Gasteiger partial charge in [0.25, 0.3) is 0 Å². The average Bonchev–Trinajstić information content (AvgIpc) is 2.23. The van der Waals surface area contributed by atoms with E-state index in [0.717, 1.165) is 18.7 Å². The van der Waals surface area contributed by atoms with Crippen LogP contribution in [0.5, 0.6) is 0 Å². The maximum atomic E-state index is 8.72. The first kappa shape index (κ1) is 13.3. The van der Waals surface area contributed by atoms with Crippen molar-refractivity contribution in [1.29, 1.82) is 5.26 Å². The minimum Gasteiger partial charge on any atom is -0.301 e. The molecule has 1 aromatic carbocycles. The lowest BCUT2D eigenvalue weighted by atomic mass is 10.1. The molecule has 4 heteroatoms. The van der Waals surface area contributed by atoms with Crippen molar-refractivity contribution in [1.82, 2.24) is 4.90 Å². The van der Waals surface area contributed by atoms with E-state index in [-0.39, 0.29) is 5.92 Å². The topological polar surface area (TPSA) is 27.0 Å². The summed E-state index contributed by atoms with van der Waals surface area (Å²) in [4.78, 5) is 2.09. The van der Waals surface area contributed by atoms with Crippen molar-refractivity contribution >= 4 is 23.2 Å². The lowest BCUT2D eigenvalue weighted by Crippen LogP contribution is -2.23. The summed E-state index contributed by atoms with van der Waals surface area (Å²) < 4.78 is 0. The number of hydrogen-bond acceptors (Lipinski definition) is 2. The molecule has 1 atom stereocenters. The fourth-order valence-electron chi connectivity index (χ4n) is 1.52. The summed E-state index contributed by atoms with van der Waals surface area (Å²) in [5.74, 6) is 0.0350. The molecule has 0 saturated carbocycles. The van der Waals surface area contributed by atoms with Crippen molar-refractivity contribution < 1.29 is 0 Å². The van der Waals surface area contributed by atoms with E-state index in [1.165, 1.54) is 0 Å². The van der Waals surface area contributed by atoms with Gasteiger partial charge >= 0.3 is 0 Å². The van der Waals surface area contributed by atoms with E-state index < -0.39 is 0 Å². The molecule has 1 aromatic rings. The van der Waals surface area contributed by atoms with Gasteiger partial charge in [-0.05, 0) is 31.7 Å². The fourth-order valence-corrected chi connectivity index (χ4v) is 1.84. The van der Waals surface area contributed by atoms with Gasteiger partial charge in [-0.1, -0.05) is 29.3 Å². The standard InChI is InChI=1S/C12H14Cl2N2/c1-9(6-15)7-16(2)8-10-3-4-11(13)12(14)5-10/h3-5,9H,7-8H2,1-2H3. The molecule has 0 bridgehead atoms. The molecule has 0 amide bonds. The molecule has 0 aliphatic rings. The summed E-state index contributed by atoms with van der Waals surface area (Å²) in [6.45, 7) is 3.42. The lowest BCUT2D eigenvalue weighted by Gasteiger charge is -2.17. The SMILES string of the molecule is CC(C#N)CN(C)Cc1ccc(Cl)c(Cl)c1. The van der Waals surface area contributed by atoms with Gasteiger partial charge < -0.3 is 4.90 Å². The van der Waals surface area contributed by atoms with Crippen LogP contribution in [0, 0.1) is 17.2 Å². The maximum Gasteiger partial charge on any atom is 0.0666 e. The normalized spacial score (nSPS) is 12.5. The number of halogens is 2. The monoisotopic (exact) mass is 256 g/mol. The Morgan fingerprint density at radius 3 is 2.62 bits per heavy atom. The fraction of sp³-hybridized carbons (Fsp3) is 0.417. The van der Waals surface area contributed by atoms with Crippen LogP contribution < -0.4 is 0 Å². The van der Waals surface area contributed by atoms with E-state index in [4.69, 9.17) is 28.5 Å². The number of nitriles is 1. The highest BCUT2D eigenvalue weighted by Crippen LogP contribution is 2.23. The third-order valence-electron chi connectivity index (χ3n) is 2.24. The van der Waals surface area contributed by atoms with Gasteiger partial charge in [0, 0.05) is 13.1 Å². The van der Waals surface area contributed by atoms with Crippen LogP contribution in [0.4, 0.5) is 0 Å². The highest BCUT2D eigenvalue weighted by Gasteiger charge is 2.06. The molecule has 0 radical (unpaired) electrons. The van der Waals surface area contributed by atoms with Gasteiger partial charge in [0.2, 0.25) is 0 Å². The Hall–Kier alpha value is -0.750. The summed E-state index contributed by atoms with van der Waals surface area (Å²) in [6, 6.07) is 7.81. The Balaban J connectivity index is 2.60. The van der Waals surface area contributed by atoms with Gasteiger partial charge in [-0.25, -0.2) is 0 Å². The van der Waals surface area contributed by atoms with E-state index >= 15 is 0 Å². The minimum absolute atomic E-state index is 0.0350. The Labute approximate surface area is 106 Å². The van der Waals surface area contributed by atoms with Crippen molar-refractivity contribution in [2.24, 2.45) is 5.92 Å². The number of hydrogen-bond donors (Lipinski definition) is 0. The Morgan fingerprint density at radius 2 is 2.06 bits per heavy atom. The van der Waals surface area contributed by atoms with Crippen molar-refractivity contribution in [2.75, 3.05) is 13.6 Å². The number of nitrogens with zero attached hydrogens (tertiary/aromatic N) is 2. The van der Waals surface area contributed by atoms with Crippen molar-refractivity contribution in [2.45, 2.75) is 13.5 Å². The van der Waals surface area contributed by atoms with E-state index in [1.54, 1.807) is 6.07 Å². The molecule has 0 fully saturated rings. The van der Waals surface area contributed by atoms with E-state index in [1.807, 2.05) is 26.1 Å². The lowest BCUT2D eigenvalue weighted by molar-refractivity contribution is 0.303. The first-order chi connectivity index (χ1) is 7.52. The molecule has 1 unspecified atom stereocenters. The van der Waals surface area contributed by atoms with Crippen molar-refractivity contribution in [3.05, 3.63) is 33.8 Å². The first-order valence-electron chi connectivity index (χ1n) is 5.05. The summed E-state index contributed by atoms with van der Waals surface area (Å²) in [6.07, 6.45) is 0. The van der Waals surface area contributed by atoms with Crippen LogP contribution in [-0.4, -0.2) is 18.5 Å². The second-order valence-corrected chi connectivity index (χ2v) is 4.79. The third kappa shape index (κ3) is 4.02. The summed E-state index contributed by atoms with van der Waals surface area (Å²) in [5, 5.41) is 9.85. The summed E-state index contributed by atoms with van der Waals surface area (Å²) >= 11 is 11.8. The summed E-state index contributed by atoms with van der Waals surface area (Å²) in [5.41, 5.74) is 1.10. The van der Waals surface area contributed by atoms with Crippen molar-refractivity contribution in [3.63, 3.8) is 0 Å². The third-order valence-corrected chi connectivity index (χ3v) is 2.98. The predicted octanol–water partition coefficient (Wildman–Crippen LogP) is 3.58. The first-order valence-corrected chi connectivity index (χ1v) is 5.80. The molecule has 16 heavy (non-hydrogen) atoms. The van der Waals surface area contributed by atoms with Gasteiger partial charge in [-0.15, -0.1) is 0 Å². The summed E-state index contributed by atoms with van der Waals surface area (Å²) in [7, 11) is 1.98. The number of rotatable bonds is 4. The Morgan fingerprint density at radius 1 is 1.38 bits per heavy atom. The largest absolute Gasteiger partial charge is 0.301 e. The van der Waals surface area contributed by atoms with E-state index in [2.05, 4.69) is 11.0 Å². The van der Waals surface area contributed by atoms with Gasteiger partial charge in [0.15, 0.2) is 0 Å². The molecular weight excluding hydrogens is 243 g/mol. The molecule has 0 aromatic heterocycles. The van der Waals surface area contributed by atoms with Crippen LogP contribution in [0.3, 0.4) is 0 Å². The Bertz CT molecular complexity index is 398. The van der Waals surface area contributed by atoms with Gasteiger partial charge in [-0.2, -0.15) is 5.26 Å². The van der Waals surface area contributed by atoms with Crippen LogP contribution in [-0.2, 0) is 6.54 Å². The quantitative estimate of drug-likeness (QED) is 0.824. The predicted molar refractivity (Wildman–Crippen MR) is 67.6 cm³/mol. The molecule has 0 aliphatic heterocycles. The highest BCUT2D eigenvalue weighted by molar-refractivity contribution is 6.42. The number of benzene rings is 1. The molecule has 2 nitrogen and oxygen atoms in total. The minimum atomic E-state index is 0.0350. The van der Waals surface area contributed by atoms with Gasteiger partial charge in [0.05, 0.1) is 22.0 Å². The molecule has 0 spiro atoms. The van der Waals surface area contributed by atoms with Crippen LogP contribution in [0.2, 0.25) is 10.0 Å². The molecule has 0 N–H and O–H groups in total. The second-order valence-electron chi connectivity index (χ2n) is 3.98. The van der Waals surface area contributed by atoms with Crippen LogP contribution in [0.1, 0.15) is 12.5 Å². The zero-order valence-electron chi connectivity index (χ0n) is 9.37. The van der Waals surface area contributed by atoms with Crippen molar-refractivity contribution in [3.8, 4) is 6.07 Å². The van der Waals surface area contributed by atoms with Gasteiger partial charge in [-0.3, -0.25) is 0 Å². The molecule has 1 rings (SSSR count). The zero-order chi connectivity index (χ0) is 12.1. The average molecular weight is 257 g/mol. The highest BCUT2D eigenvalue weighted by atomic mass is 35.5. The van der Waals surface area contributed by atoms with Crippen LogP contribution in [0.15, 0.2) is 18.2 Å². The molecule has 0 saturated heterocycles. The van der Waals surface area contributed by atoms with Crippen LogP contribution in [0.25, 0.3) is 0 Å². The smallest absolute Gasteiger partial charge is 0.0666 e. The molecule has 0 heterocycles. The van der Waals surface area contributed by atoms with Gasteiger partial charge in [0.1, 0.15) is 0 Å². The van der Waals surface area contributed by atoms with E-state index in [9.17, 15) is 0 Å². The molecule has 0 aliphatic carbocycles.